The van der Waals surface area contributed by atoms with Gasteiger partial charge >= 0.3 is 5.97 Å². The molecule has 2 N–H and O–H groups in total. The number of benzene rings is 1. The second-order valence-electron chi connectivity index (χ2n) is 4.24. The SMILES string of the molecule is CC(=O)NC(CSc1ccc2ccccc2n1)C(=O)O. The van der Waals surface area contributed by atoms with Crippen molar-refractivity contribution in [2.24, 2.45) is 0 Å². The van der Waals surface area contributed by atoms with Crippen LogP contribution in [0.15, 0.2) is 41.4 Å². The molecule has 104 valence electrons. The highest BCUT2D eigenvalue weighted by Gasteiger charge is 2.18. The zero-order valence-electron chi connectivity index (χ0n) is 10.9. The zero-order valence-corrected chi connectivity index (χ0v) is 11.7. The van der Waals surface area contributed by atoms with Crippen molar-refractivity contribution in [1.82, 2.24) is 10.3 Å². The van der Waals surface area contributed by atoms with E-state index in [9.17, 15) is 9.59 Å². The van der Waals surface area contributed by atoms with Crippen molar-refractivity contribution in [3.8, 4) is 0 Å². The van der Waals surface area contributed by atoms with Crippen LogP contribution in [0, 0.1) is 0 Å². The van der Waals surface area contributed by atoms with Crippen LogP contribution in [-0.2, 0) is 9.59 Å². The molecule has 0 aliphatic carbocycles. The van der Waals surface area contributed by atoms with E-state index in [1.165, 1.54) is 18.7 Å². The first-order valence-electron chi connectivity index (χ1n) is 6.05. The summed E-state index contributed by atoms with van der Waals surface area (Å²) < 4.78 is 0. The van der Waals surface area contributed by atoms with Crippen LogP contribution in [0.4, 0.5) is 0 Å². The molecule has 0 fully saturated rings. The number of carbonyl (C=O) groups excluding carboxylic acids is 1. The van der Waals surface area contributed by atoms with Gasteiger partial charge < -0.3 is 10.4 Å². The number of para-hydroxylation sites is 1. The van der Waals surface area contributed by atoms with E-state index >= 15 is 0 Å². The summed E-state index contributed by atoms with van der Waals surface area (Å²) in [5.74, 6) is -1.17. The second kappa shape index (κ2) is 6.38. The minimum Gasteiger partial charge on any atom is -0.480 e. The lowest BCUT2D eigenvalue weighted by Gasteiger charge is -2.12. The van der Waals surface area contributed by atoms with E-state index in [1.54, 1.807) is 0 Å². The van der Waals surface area contributed by atoms with Crippen LogP contribution in [0.2, 0.25) is 0 Å². The first-order valence-corrected chi connectivity index (χ1v) is 7.03. The predicted molar refractivity (Wildman–Crippen MR) is 77.7 cm³/mol. The van der Waals surface area contributed by atoms with Gasteiger partial charge in [-0.15, -0.1) is 11.8 Å². The molecule has 1 amide bonds. The molecule has 2 rings (SSSR count). The Balaban J connectivity index is 2.07. The largest absolute Gasteiger partial charge is 0.480 e. The van der Waals surface area contributed by atoms with E-state index in [4.69, 9.17) is 5.11 Å². The van der Waals surface area contributed by atoms with Gasteiger partial charge in [-0.05, 0) is 12.1 Å². The molecule has 1 atom stereocenters. The van der Waals surface area contributed by atoms with Crippen LogP contribution in [0.3, 0.4) is 0 Å². The Kier molecular flexibility index (Phi) is 4.57. The van der Waals surface area contributed by atoms with Crippen LogP contribution < -0.4 is 5.32 Å². The molecule has 0 radical (unpaired) electrons. The number of pyridine rings is 1. The Morgan fingerprint density at radius 1 is 1.30 bits per heavy atom. The summed E-state index contributed by atoms with van der Waals surface area (Å²) in [4.78, 5) is 26.4. The van der Waals surface area contributed by atoms with E-state index in [0.717, 1.165) is 15.9 Å². The molecule has 0 spiro atoms. The van der Waals surface area contributed by atoms with E-state index in [-0.39, 0.29) is 11.7 Å². The normalized spacial score (nSPS) is 12.1. The Labute approximate surface area is 120 Å². The number of fused-ring (bicyclic) bond motifs is 1. The highest BCUT2D eigenvalue weighted by atomic mass is 32.2. The van der Waals surface area contributed by atoms with Crippen LogP contribution >= 0.6 is 11.8 Å². The standard InChI is InChI=1S/C14H14N2O3S/c1-9(17)15-12(14(18)19)8-20-13-7-6-10-4-2-3-5-11(10)16-13/h2-7,12H,8H2,1H3,(H,15,17)(H,18,19). The fourth-order valence-electron chi connectivity index (χ4n) is 1.72. The summed E-state index contributed by atoms with van der Waals surface area (Å²) in [6, 6.07) is 10.6. The van der Waals surface area contributed by atoms with Crippen molar-refractivity contribution >= 4 is 34.5 Å². The lowest BCUT2D eigenvalue weighted by atomic mass is 10.2. The van der Waals surface area contributed by atoms with Gasteiger partial charge in [-0.25, -0.2) is 9.78 Å². The summed E-state index contributed by atoms with van der Waals surface area (Å²) in [5, 5.41) is 13.2. The van der Waals surface area contributed by atoms with Gasteiger partial charge in [-0.1, -0.05) is 24.3 Å². The fourth-order valence-corrected chi connectivity index (χ4v) is 2.61. The van der Waals surface area contributed by atoms with Crippen molar-refractivity contribution < 1.29 is 14.7 Å². The van der Waals surface area contributed by atoms with Gasteiger partial charge in [0.1, 0.15) is 6.04 Å². The monoisotopic (exact) mass is 290 g/mol. The molecule has 0 bridgehead atoms. The minimum atomic E-state index is -1.05. The van der Waals surface area contributed by atoms with E-state index in [0.29, 0.717) is 0 Å². The van der Waals surface area contributed by atoms with Gasteiger partial charge in [0, 0.05) is 18.1 Å². The molecule has 0 aliphatic rings. The van der Waals surface area contributed by atoms with Crippen molar-refractivity contribution in [3.05, 3.63) is 36.4 Å². The van der Waals surface area contributed by atoms with Crippen LogP contribution in [0.5, 0.6) is 0 Å². The van der Waals surface area contributed by atoms with Crippen LogP contribution in [-0.4, -0.2) is 33.8 Å². The maximum Gasteiger partial charge on any atom is 0.327 e. The third-order valence-corrected chi connectivity index (χ3v) is 3.67. The fraction of sp³-hybridized carbons (Fsp3) is 0.214. The summed E-state index contributed by atoms with van der Waals surface area (Å²) in [6.45, 7) is 1.30. The summed E-state index contributed by atoms with van der Waals surface area (Å²) in [6.07, 6.45) is 0. The number of carboxylic acid groups (broad SMARTS) is 1. The molecular formula is C14H14N2O3S. The second-order valence-corrected chi connectivity index (χ2v) is 5.28. The number of amides is 1. The molecule has 1 aromatic heterocycles. The van der Waals surface area contributed by atoms with Crippen molar-refractivity contribution in [3.63, 3.8) is 0 Å². The van der Waals surface area contributed by atoms with E-state index in [1.807, 2.05) is 36.4 Å². The van der Waals surface area contributed by atoms with E-state index < -0.39 is 12.0 Å². The van der Waals surface area contributed by atoms with Gasteiger partial charge in [0.15, 0.2) is 0 Å². The lowest BCUT2D eigenvalue weighted by Crippen LogP contribution is -2.41. The summed E-state index contributed by atoms with van der Waals surface area (Å²) >= 11 is 1.31. The molecule has 1 heterocycles. The van der Waals surface area contributed by atoms with Crippen molar-refractivity contribution in [2.45, 2.75) is 18.0 Å². The van der Waals surface area contributed by atoms with Crippen molar-refractivity contribution in [2.75, 3.05) is 5.75 Å². The molecule has 0 aliphatic heterocycles. The first kappa shape index (κ1) is 14.3. The smallest absolute Gasteiger partial charge is 0.327 e. The van der Waals surface area contributed by atoms with Crippen LogP contribution in [0.25, 0.3) is 10.9 Å². The molecule has 1 aromatic carbocycles. The Morgan fingerprint density at radius 2 is 2.05 bits per heavy atom. The number of aliphatic carboxylic acids is 1. The quantitative estimate of drug-likeness (QED) is 0.822. The van der Waals surface area contributed by atoms with E-state index in [2.05, 4.69) is 10.3 Å². The number of rotatable bonds is 5. The maximum absolute atomic E-state index is 11.0. The number of nitrogens with zero attached hydrogens (tertiary/aromatic N) is 1. The number of hydrogen-bond acceptors (Lipinski definition) is 4. The number of hydrogen-bond donors (Lipinski definition) is 2. The summed E-state index contributed by atoms with van der Waals surface area (Å²) in [7, 11) is 0. The molecule has 20 heavy (non-hydrogen) atoms. The zero-order chi connectivity index (χ0) is 14.5. The first-order chi connectivity index (χ1) is 9.56. The minimum absolute atomic E-state index is 0.236. The number of aromatic nitrogens is 1. The van der Waals surface area contributed by atoms with Gasteiger partial charge in [0.2, 0.25) is 5.91 Å². The molecule has 0 saturated carbocycles. The van der Waals surface area contributed by atoms with Crippen LogP contribution in [0.1, 0.15) is 6.92 Å². The van der Waals surface area contributed by atoms with Gasteiger partial charge in [-0.3, -0.25) is 4.79 Å². The molecule has 0 saturated heterocycles. The number of carbonyl (C=O) groups is 2. The Morgan fingerprint density at radius 3 is 2.75 bits per heavy atom. The predicted octanol–water partition coefficient (Wildman–Crippen LogP) is 1.92. The number of thioether (sulfide) groups is 1. The highest BCUT2D eigenvalue weighted by molar-refractivity contribution is 7.99. The average Bonchev–Trinajstić information content (AvgIpc) is 2.42. The average molecular weight is 290 g/mol. The number of carboxylic acids is 1. The molecule has 2 aromatic rings. The third kappa shape index (κ3) is 3.71. The molecule has 5 nitrogen and oxygen atoms in total. The van der Waals surface area contributed by atoms with Crippen molar-refractivity contribution in [1.29, 1.82) is 0 Å². The van der Waals surface area contributed by atoms with Gasteiger partial charge in [0.05, 0.1) is 10.5 Å². The van der Waals surface area contributed by atoms with Gasteiger partial charge in [0.25, 0.3) is 0 Å². The number of nitrogens with one attached hydrogen (secondary N) is 1. The lowest BCUT2D eigenvalue weighted by molar-refractivity contribution is -0.140. The Hall–Kier alpha value is -2.08. The third-order valence-electron chi connectivity index (χ3n) is 2.65. The topological polar surface area (TPSA) is 79.3 Å². The molecule has 6 heteroatoms. The maximum atomic E-state index is 11.0. The van der Waals surface area contributed by atoms with Gasteiger partial charge in [-0.2, -0.15) is 0 Å². The molecule has 1 unspecified atom stereocenters. The highest BCUT2D eigenvalue weighted by Crippen LogP contribution is 2.20. The Bertz CT molecular complexity index is 645. The summed E-state index contributed by atoms with van der Waals surface area (Å²) in [5.41, 5.74) is 0.865. The molecular weight excluding hydrogens is 276 g/mol.